The predicted molar refractivity (Wildman–Crippen MR) is 101 cm³/mol. The number of aliphatic hydroxyl groups is 1. The van der Waals surface area contributed by atoms with Gasteiger partial charge in [-0.05, 0) is 79.9 Å². The van der Waals surface area contributed by atoms with Crippen LogP contribution in [0.5, 0.6) is 0 Å². The molecule has 6 rings (SSSR count). The van der Waals surface area contributed by atoms with Crippen LogP contribution in [0.25, 0.3) is 0 Å². The molecular formula is C22H30N2O3. The molecule has 0 aromatic carbocycles. The molecule has 1 amide bonds. The maximum absolute atomic E-state index is 12.9. The Labute approximate surface area is 160 Å². The Morgan fingerprint density at radius 1 is 1.19 bits per heavy atom. The minimum absolute atomic E-state index is 0.0307. The second kappa shape index (κ2) is 6.56. The van der Waals surface area contributed by atoms with Crippen molar-refractivity contribution in [1.29, 1.82) is 0 Å². The molecule has 5 aliphatic rings. The van der Waals surface area contributed by atoms with Crippen LogP contribution >= 0.6 is 0 Å². The molecule has 1 aromatic heterocycles. The third-order valence-corrected chi connectivity index (χ3v) is 7.48. The van der Waals surface area contributed by atoms with Crippen LogP contribution in [-0.4, -0.2) is 40.9 Å². The van der Waals surface area contributed by atoms with Crippen molar-refractivity contribution < 1.29 is 14.6 Å². The summed E-state index contributed by atoms with van der Waals surface area (Å²) in [4.78, 5) is 17.0. The lowest BCUT2D eigenvalue weighted by atomic mass is 9.47. The van der Waals surface area contributed by atoms with Gasteiger partial charge in [-0.1, -0.05) is 0 Å². The highest BCUT2D eigenvalue weighted by molar-refractivity contribution is 5.77. The third kappa shape index (κ3) is 3.52. The molecule has 5 nitrogen and oxygen atoms in total. The van der Waals surface area contributed by atoms with Crippen molar-refractivity contribution >= 4 is 5.91 Å². The molecule has 5 heteroatoms. The second-order valence-corrected chi connectivity index (χ2v) is 9.89. The summed E-state index contributed by atoms with van der Waals surface area (Å²) in [6.07, 6.45) is 11.4. The van der Waals surface area contributed by atoms with Gasteiger partial charge in [-0.2, -0.15) is 0 Å². The van der Waals surface area contributed by atoms with E-state index < -0.39 is 5.60 Å². The zero-order valence-electron chi connectivity index (χ0n) is 15.9. The van der Waals surface area contributed by atoms with E-state index in [0.29, 0.717) is 37.4 Å². The van der Waals surface area contributed by atoms with Crippen molar-refractivity contribution in [2.24, 2.45) is 23.2 Å². The van der Waals surface area contributed by atoms with Gasteiger partial charge in [0.15, 0.2) is 0 Å². The zero-order valence-corrected chi connectivity index (χ0v) is 15.9. The number of nitrogens with zero attached hydrogens (tertiary/aromatic N) is 1. The number of carbonyl (C=O) groups excluding carboxylic acids is 1. The molecule has 146 valence electrons. The number of hydrogen-bond acceptors (Lipinski definition) is 4. The molecule has 2 N–H and O–H groups in total. The van der Waals surface area contributed by atoms with Crippen LogP contribution < -0.4 is 5.32 Å². The predicted octanol–water partition coefficient (Wildman–Crippen LogP) is 2.48. The Bertz CT molecular complexity index is 693. The lowest BCUT2D eigenvalue weighted by Gasteiger charge is -2.60. The molecular weight excluding hydrogens is 340 g/mol. The van der Waals surface area contributed by atoms with E-state index in [9.17, 15) is 9.90 Å². The quantitative estimate of drug-likeness (QED) is 0.835. The number of hydrogen-bond donors (Lipinski definition) is 2. The summed E-state index contributed by atoms with van der Waals surface area (Å²) >= 11 is 0. The molecule has 4 aliphatic carbocycles. The average Bonchev–Trinajstić information content (AvgIpc) is 2.99. The summed E-state index contributed by atoms with van der Waals surface area (Å²) < 4.78 is 5.68. The second-order valence-electron chi connectivity index (χ2n) is 9.89. The van der Waals surface area contributed by atoms with E-state index in [-0.39, 0.29) is 17.4 Å². The van der Waals surface area contributed by atoms with Crippen LogP contribution in [-0.2, 0) is 16.0 Å². The Kier molecular flexibility index (Phi) is 4.28. The maximum Gasteiger partial charge on any atom is 0.220 e. The fourth-order valence-corrected chi connectivity index (χ4v) is 6.99. The van der Waals surface area contributed by atoms with Crippen molar-refractivity contribution in [2.45, 2.75) is 63.0 Å². The van der Waals surface area contributed by atoms with Crippen LogP contribution in [0, 0.1) is 23.2 Å². The minimum Gasteiger partial charge on any atom is -0.390 e. The average molecular weight is 370 g/mol. The molecule has 0 spiro atoms. The van der Waals surface area contributed by atoms with Gasteiger partial charge in [-0.25, -0.2) is 0 Å². The van der Waals surface area contributed by atoms with E-state index in [2.05, 4.69) is 10.3 Å². The van der Waals surface area contributed by atoms with Crippen LogP contribution in [0.15, 0.2) is 24.5 Å². The summed E-state index contributed by atoms with van der Waals surface area (Å²) in [6.45, 7) is 1.30. The zero-order chi connectivity index (χ0) is 18.5. The van der Waals surface area contributed by atoms with E-state index >= 15 is 0 Å². The number of ether oxygens (including phenoxy) is 1. The molecule has 1 aromatic rings. The standard InChI is InChI=1S/C22H30N2O3/c25-20(11-21-7-16-5-17(8-21)10-22(26,9-16)14-21)24-19-13-27-12-18(19)6-15-1-3-23-4-2-15/h1-4,16-19,26H,5-14H2,(H,24,25)/t16?,17?,18-,19+,21?,22?/m1/s1. The first-order chi connectivity index (χ1) is 13.0. The first-order valence-electron chi connectivity index (χ1n) is 10.5. The highest BCUT2D eigenvalue weighted by Crippen LogP contribution is 2.62. The van der Waals surface area contributed by atoms with Crippen LogP contribution in [0.1, 0.15) is 50.5 Å². The summed E-state index contributed by atoms with van der Waals surface area (Å²) in [5, 5.41) is 14.2. The van der Waals surface area contributed by atoms with Gasteiger partial charge in [-0.3, -0.25) is 9.78 Å². The summed E-state index contributed by atoms with van der Waals surface area (Å²) in [5.74, 6) is 1.71. The Morgan fingerprint density at radius 3 is 2.63 bits per heavy atom. The molecule has 0 radical (unpaired) electrons. The molecule has 2 unspecified atom stereocenters. The lowest BCUT2D eigenvalue weighted by Crippen LogP contribution is -2.57. The molecule has 27 heavy (non-hydrogen) atoms. The first-order valence-corrected chi connectivity index (χ1v) is 10.5. The molecule has 1 aliphatic heterocycles. The number of pyridine rings is 1. The Balaban J connectivity index is 1.22. The molecule has 1 saturated heterocycles. The number of rotatable bonds is 5. The van der Waals surface area contributed by atoms with Gasteiger partial charge in [0.2, 0.25) is 5.91 Å². The Hall–Kier alpha value is -1.46. The minimum atomic E-state index is -0.495. The topological polar surface area (TPSA) is 71.5 Å². The highest BCUT2D eigenvalue weighted by Gasteiger charge is 2.57. The van der Waals surface area contributed by atoms with Gasteiger partial charge in [0, 0.05) is 24.7 Å². The Morgan fingerprint density at radius 2 is 1.93 bits per heavy atom. The van der Waals surface area contributed by atoms with Gasteiger partial charge in [0.25, 0.3) is 0 Å². The monoisotopic (exact) mass is 370 g/mol. The molecule has 5 fully saturated rings. The molecule has 4 saturated carbocycles. The number of carbonyl (C=O) groups is 1. The van der Waals surface area contributed by atoms with Gasteiger partial charge in [0.05, 0.1) is 24.9 Å². The van der Waals surface area contributed by atoms with E-state index in [1.165, 1.54) is 12.0 Å². The van der Waals surface area contributed by atoms with Crippen molar-refractivity contribution in [1.82, 2.24) is 10.3 Å². The van der Waals surface area contributed by atoms with Gasteiger partial charge in [-0.15, -0.1) is 0 Å². The number of nitrogens with one attached hydrogen (secondary N) is 1. The third-order valence-electron chi connectivity index (χ3n) is 7.48. The number of aromatic nitrogens is 1. The van der Waals surface area contributed by atoms with Crippen LogP contribution in [0.3, 0.4) is 0 Å². The summed E-state index contributed by atoms with van der Waals surface area (Å²) in [6, 6.07) is 4.16. The van der Waals surface area contributed by atoms with Crippen molar-refractivity contribution in [3.63, 3.8) is 0 Å². The maximum atomic E-state index is 12.9. The van der Waals surface area contributed by atoms with Gasteiger partial charge >= 0.3 is 0 Å². The molecule has 4 bridgehead atoms. The first kappa shape index (κ1) is 17.6. The number of amides is 1. The fourth-order valence-electron chi connectivity index (χ4n) is 6.99. The van der Waals surface area contributed by atoms with Crippen molar-refractivity contribution in [2.75, 3.05) is 13.2 Å². The van der Waals surface area contributed by atoms with E-state index in [1.807, 2.05) is 24.5 Å². The van der Waals surface area contributed by atoms with Gasteiger partial charge in [0.1, 0.15) is 0 Å². The van der Waals surface area contributed by atoms with E-state index in [1.54, 1.807) is 0 Å². The SMILES string of the molecule is O=C(CC12CC3CC(CC(O)(C3)C1)C2)N[C@H]1COC[C@H]1Cc1ccncc1. The van der Waals surface area contributed by atoms with Crippen molar-refractivity contribution in [3.05, 3.63) is 30.1 Å². The van der Waals surface area contributed by atoms with Crippen LogP contribution in [0.2, 0.25) is 0 Å². The van der Waals surface area contributed by atoms with Crippen molar-refractivity contribution in [3.8, 4) is 0 Å². The fraction of sp³-hybridized carbons (Fsp3) is 0.727. The highest BCUT2D eigenvalue weighted by atomic mass is 16.5. The van der Waals surface area contributed by atoms with E-state index in [4.69, 9.17) is 4.74 Å². The molecule has 4 atom stereocenters. The largest absolute Gasteiger partial charge is 0.390 e. The summed E-state index contributed by atoms with van der Waals surface area (Å²) in [5.41, 5.74) is 0.774. The molecule has 2 heterocycles. The smallest absolute Gasteiger partial charge is 0.220 e. The van der Waals surface area contributed by atoms with Crippen LogP contribution in [0.4, 0.5) is 0 Å². The lowest BCUT2D eigenvalue weighted by molar-refractivity contribution is -0.169. The summed E-state index contributed by atoms with van der Waals surface area (Å²) in [7, 11) is 0. The van der Waals surface area contributed by atoms with Gasteiger partial charge < -0.3 is 15.2 Å². The van der Waals surface area contributed by atoms with E-state index in [0.717, 1.165) is 38.5 Å². The normalized spacial score (nSPS) is 42.4.